The first-order valence-corrected chi connectivity index (χ1v) is 21.9. The number of aliphatic hydroxyl groups excluding tert-OH is 2. The summed E-state index contributed by atoms with van der Waals surface area (Å²) in [5.74, 6) is 2.51. The second-order valence-electron chi connectivity index (χ2n) is 17.9. The van der Waals surface area contributed by atoms with Crippen molar-refractivity contribution in [1.82, 2.24) is 0 Å². The van der Waals surface area contributed by atoms with E-state index in [4.69, 9.17) is 14.2 Å². The molecular weight excluding hydrogens is 611 g/mol. The lowest BCUT2D eigenvalue weighted by molar-refractivity contribution is 0.0384. The molecule has 6 heteroatoms. The van der Waals surface area contributed by atoms with Gasteiger partial charge in [0.25, 0.3) is 0 Å². The fourth-order valence-corrected chi connectivity index (χ4v) is 10.7. The van der Waals surface area contributed by atoms with Crippen molar-refractivity contribution >= 4 is 14.2 Å². The predicted octanol–water partition coefficient (Wildman–Crippen LogP) is 9.74. The summed E-state index contributed by atoms with van der Waals surface area (Å²) in [6.07, 6.45) is 18.0. The molecule has 0 saturated heterocycles. The van der Waals surface area contributed by atoms with Gasteiger partial charge in [0.1, 0.15) is 12.6 Å². The third kappa shape index (κ3) is 6.98. The summed E-state index contributed by atoms with van der Waals surface area (Å²) in [6, 6.07) is 10.4. The van der Waals surface area contributed by atoms with Gasteiger partial charge in [-0.2, -0.15) is 0 Å². The van der Waals surface area contributed by atoms with Gasteiger partial charge in [-0.15, -0.1) is 0 Å². The number of hydrogen-bond donors (Lipinski definition) is 2. The number of rotatable bonds is 9. The standard InChI is InChI=1S/C42H63NO4Si/c1-28(16-21-38(45)42(23-24-42)39-43-36(27-46-39)31-13-10-9-11-14-31)34-19-20-35-30(15-12-22-41(34,35)6)17-18-32-25-33(26-37(44)29(32)2)47-48(7,8)40(3,4)5/h9-11,13-14,16-18,21,28-29,33-38,44-45H,12,15,19-20,22-27H2,1-8H3/b21-16+,30-17+,32-18-/t28-,29?,33?,34-,35+,36?,37+,38-,41-/m1/s1. The van der Waals surface area contributed by atoms with Gasteiger partial charge in [0.2, 0.25) is 0 Å². The molecule has 4 fully saturated rings. The van der Waals surface area contributed by atoms with Crippen LogP contribution in [-0.4, -0.2) is 49.3 Å². The Morgan fingerprint density at radius 3 is 2.44 bits per heavy atom. The first-order valence-electron chi connectivity index (χ1n) is 19.0. The quantitative estimate of drug-likeness (QED) is 0.202. The van der Waals surface area contributed by atoms with Crippen LogP contribution in [0.15, 0.2) is 70.8 Å². The van der Waals surface area contributed by atoms with Crippen LogP contribution in [0.1, 0.15) is 111 Å². The number of aliphatic imine (C=N–C) groups is 1. The van der Waals surface area contributed by atoms with E-state index in [9.17, 15) is 10.2 Å². The topological polar surface area (TPSA) is 71.3 Å². The SMILES string of the molecule is CC1/C(=C\C=C2/CCC[C@]3(C)[C@@H]([C@H](C)/C=C/[C@@H](O)C4(C5=NC(c6ccccc6)CO5)CC4)CC[C@@H]23)CC(O[Si](C)(C)C(C)(C)C)C[C@@H]1O. The van der Waals surface area contributed by atoms with Gasteiger partial charge in [-0.3, -0.25) is 0 Å². The van der Waals surface area contributed by atoms with Gasteiger partial charge in [0.15, 0.2) is 14.2 Å². The number of aliphatic hydroxyl groups is 2. The molecule has 4 saturated carbocycles. The zero-order chi connectivity index (χ0) is 34.5. The molecule has 0 spiro atoms. The molecule has 9 atom stereocenters. The van der Waals surface area contributed by atoms with Crippen LogP contribution in [0.25, 0.3) is 0 Å². The molecule has 0 aromatic heterocycles. The van der Waals surface area contributed by atoms with Crippen molar-refractivity contribution in [2.24, 2.45) is 39.5 Å². The molecule has 3 unspecified atom stereocenters. The Labute approximate surface area is 292 Å². The van der Waals surface area contributed by atoms with E-state index in [0.29, 0.717) is 24.4 Å². The minimum atomic E-state index is -1.91. The van der Waals surface area contributed by atoms with E-state index in [1.54, 1.807) is 5.57 Å². The summed E-state index contributed by atoms with van der Waals surface area (Å²) in [5.41, 5.74) is 4.03. The number of ether oxygens (including phenoxy) is 1. The molecule has 6 rings (SSSR count). The Kier molecular flexibility index (Phi) is 10.2. The second-order valence-corrected chi connectivity index (χ2v) is 22.6. The molecule has 0 amide bonds. The maximum absolute atomic E-state index is 11.5. The smallest absolute Gasteiger partial charge is 0.193 e. The van der Waals surface area contributed by atoms with Crippen molar-refractivity contribution < 1.29 is 19.4 Å². The predicted molar refractivity (Wildman–Crippen MR) is 199 cm³/mol. The fraction of sp³-hybridized carbons (Fsp3) is 0.690. The Morgan fingerprint density at radius 2 is 1.75 bits per heavy atom. The summed E-state index contributed by atoms with van der Waals surface area (Å²) in [5, 5.41) is 22.7. The molecule has 5 nitrogen and oxygen atoms in total. The third-order valence-electron chi connectivity index (χ3n) is 13.8. The van der Waals surface area contributed by atoms with Crippen molar-refractivity contribution in [3.8, 4) is 0 Å². The van der Waals surface area contributed by atoms with Crippen LogP contribution < -0.4 is 0 Å². The number of fused-ring (bicyclic) bond motifs is 1. The molecule has 2 N–H and O–H groups in total. The van der Waals surface area contributed by atoms with E-state index in [2.05, 4.69) is 103 Å². The van der Waals surface area contributed by atoms with Crippen molar-refractivity contribution in [2.45, 2.75) is 142 Å². The lowest BCUT2D eigenvalue weighted by Gasteiger charge is -2.44. The normalized spacial score (nSPS) is 36.6. The van der Waals surface area contributed by atoms with E-state index >= 15 is 0 Å². The summed E-state index contributed by atoms with van der Waals surface area (Å²) in [6.45, 7) is 19.2. The molecule has 1 heterocycles. The van der Waals surface area contributed by atoms with Gasteiger partial charge >= 0.3 is 0 Å². The van der Waals surface area contributed by atoms with Crippen LogP contribution in [0.2, 0.25) is 18.1 Å². The number of hydrogen-bond acceptors (Lipinski definition) is 5. The molecule has 1 aliphatic heterocycles. The highest BCUT2D eigenvalue weighted by atomic mass is 28.4. The summed E-state index contributed by atoms with van der Waals surface area (Å²) >= 11 is 0. The van der Waals surface area contributed by atoms with Crippen LogP contribution in [0, 0.1) is 34.5 Å². The molecular formula is C42H63NO4Si. The van der Waals surface area contributed by atoms with E-state index < -0.39 is 14.4 Å². The van der Waals surface area contributed by atoms with Crippen molar-refractivity contribution in [2.75, 3.05) is 6.61 Å². The molecule has 264 valence electrons. The molecule has 4 aliphatic carbocycles. The van der Waals surface area contributed by atoms with E-state index in [1.165, 1.54) is 43.2 Å². The highest BCUT2D eigenvalue weighted by Gasteiger charge is 2.56. The average Bonchev–Trinajstić information content (AvgIpc) is 3.54. The second kappa shape index (κ2) is 13.6. The molecule has 0 radical (unpaired) electrons. The first kappa shape index (κ1) is 35.8. The minimum absolute atomic E-state index is 0.0248. The van der Waals surface area contributed by atoms with E-state index in [1.807, 2.05) is 6.07 Å². The lowest BCUT2D eigenvalue weighted by atomic mass is 9.61. The highest BCUT2D eigenvalue weighted by Crippen LogP contribution is 2.60. The molecule has 1 aromatic carbocycles. The first-order chi connectivity index (χ1) is 22.6. The Hall–Kier alpha value is -1.99. The zero-order valence-electron chi connectivity index (χ0n) is 31.0. The number of allylic oxidation sites excluding steroid dienone is 4. The molecule has 0 bridgehead atoms. The van der Waals surface area contributed by atoms with Gasteiger partial charge in [-0.05, 0) is 105 Å². The largest absolute Gasteiger partial charge is 0.478 e. The monoisotopic (exact) mass is 673 g/mol. The molecule has 48 heavy (non-hydrogen) atoms. The van der Waals surface area contributed by atoms with E-state index in [-0.39, 0.29) is 40.0 Å². The van der Waals surface area contributed by atoms with Crippen molar-refractivity contribution in [1.29, 1.82) is 0 Å². The highest BCUT2D eigenvalue weighted by molar-refractivity contribution is 6.74. The third-order valence-corrected chi connectivity index (χ3v) is 18.3. The molecule has 1 aromatic rings. The maximum Gasteiger partial charge on any atom is 0.193 e. The fourth-order valence-electron chi connectivity index (χ4n) is 9.37. The summed E-state index contributed by atoms with van der Waals surface area (Å²) in [7, 11) is -1.91. The van der Waals surface area contributed by atoms with Crippen LogP contribution in [-0.2, 0) is 9.16 Å². The Bertz CT molecular complexity index is 1420. The van der Waals surface area contributed by atoms with Gasteiger partial charge < -0.3 is 19.4 Å². The lowest BCUT2D eigenvalue weighted by Crippen LogP contribution is -2.46. The van der Waals surface area contributed by atoms with Crippen molar-refractivity contribution in [3.63, 3.8) is 0 Å². The van der Waals surface area contributed by atoms with Gasteiger partial charge in [-0.1, -0.05) is 107 Å². The maximum atomic E-state index is 11.5. The number of nitrogens with zero attached hydrogens (tertiary/aromatic N) is 1. The Morgan fingerprint density at radius 1 is 1.04 bits per heavy atom. The van der Waals surface area contributed by atoms with Crippen LogP contribution in [0.4, 0.5) is 0 Å². The number of benzene rings is 1. The minimum Gasteiger partial charge on any atom is -0.478 e. The summed E-state index contributed by atoms with van der Waals surface area (Å²) in [4.78, 5) is 4.95. The average molecular weight is 674 g/mol. The molecule has 5 aliphatic rings. The zero-order valence-corrected chi connectivity index (χ0v) is 32.0. The Balaban J connectivity index is 1.12. The van der Waals surface area contributed by atoms with Gasteiger partial charge in [-0.25, -0.2) is 4.99 Å². The van der Waals surface area contributed by atoms with Gasteiger partial charge in [0, 0.05) is 5.92 Å². The van der Waals surface area contributed by atoms with Crippen LogP contribution in [0.3, 0.4) is 0 Å². The van der Waals surface area contributed by atoms with Crippen LogP contribution >= 0.6 is 0 Å². The van der Waals surface area contributed by atoms with E-state index in [0.717, 1.165) is 31.6 Å². The van der Waals surface area contributed by atoms with Gasteiger partial charge in [0.05, 0.1) is 23.7 Å². The van der Waals surface area contributed by atoms with Crippen LogP contribution in [0.5, 0.6) is 0 Å². The summed E-state index contributed by atoms with van der Waals surface area (Å²) < 4.78 is 12.9. The van der Waals surface area contributed by atoms with Crippen molar-refractivity contribution in [3.05, 3.63) is 71.3 Å².